The SMILES string of the molecule is COCCN1C(=O)S/C(=C/c2cc(I)c(OC)c(I)c2)C1=O. The second kappa shape index (κ2) is 7.97. The molecule has 5 nitrogen and oxygen atoms in total. The monoisotopic (exact) mass is 545 g/mol. The molecule has 8 heteroatoms. The van der Waals surface area contributed by atoms with Gasteiger partial charge in [-0.05, 0) is 80.7 Å². The number of hydrogen-bond donors (Lipinski definition) is 0. The summed E-state index contributed by atoms with van der Waals surface area (Å²) in [7, 11) is 3.16. The molecule has 0 radical (unpaired) electrons. The first-order chi connectivity index (χ1) is 10.5. The maximum Gasteiger partial charge on any atom is 0.293 e. The highest BCUT2D eigenvalue weighted by molar-refractivity contribution is 14.1. The average Bonchev–Trinajstić information content (AvgIpc) is 2.71. The number of hydrogen-bond acceptors (Lipinski definition) is 5. The number of amides is 2. The van der Waals surface area contributed by atoms with Gasteiger partial charge in [0, 0.05) is 7.11 Å². The minimum absolute atomic E-state index is 0.258. The van der Waals surface area contributed by atoms with Crippen LogP contribution in [0.25, 0.3) is 6.08 Å². The Morgan fingerprint density at radius 3 is 2.41 bits per heavy atom. The molecule has 0 spiro atoms. The van der Waals surface area contributed by atoms with Crippen LogP contribution >= 0.6 is 56.9 Å². The highest BCUT2D eigenvalue weighted by Crippen LogP contribution is 2.34. The fourth-order valence-electron chi connectivity index (χ4n) is 1.88. The summed E-state index contributed by atoms with van der Waals surface area (Å²) in [4.78, 5) is 25.8. The van der Waals surface area contributed by atoms with Crippen molar-refractivity contribution < 1.29 is 19.1 Å². The molecule has 0 N–H and O–H groups in total. The highest BCUT2D eigenvalue weighted by atomic mass is 127. The van der Waals surface area contributed by atoms with Gasteiger partial charge in [0.15, 0.2) is 0 Å². The number of imide groups is 1. The predicted molar refractivity (Wildman–Crippen MR) is 103 cm³/mol. The van der Waals surface area contributed by atoms with Gasteiger partial charge in [0.25, 0.3) is 11.1 Å². The van der Waals surface area contributed by atoms with Gasteiger partial charge in [-0.2, -0.15) is 0 Å². The number of halogens is 2. The predicted octanol–water partition coefficient (Wildman–Crippen LogP) is 3.59. The van der Waals surface area contributed by atoms with E-state index in [2.05, 4.69) is 45.2 Å². The van der Waals surface area contributed by atoms with Crippen LogP contribution in [0.1, 0.15) is 5.56 Å². The molecule has 0 unspecified atom stereocenters. The zero-order valence-electron chi connectivity index (χ0n) is 11.9. The molecule has 1 aliphatic heterocycles. The summed E-state index contributed by atoms with van der Waals surface area (Å²) in [5.41, 5.74) is 0.867. The summed E-state index contributed by atoms with van der Waals surface area (Å²) in [5, 5.41) is -0.258. The number of methoxy groups -OCH3 is 2. The molecule has 0 bridgehead atoms. The fourth-order valence-corrected chi connectivity index (χ4v) is 5.01. The molecule has 1 fully saturated rings. The van der Waals surface area contributed by atoms with Crippen LogP contribution in [0.4, 0.5) is 4.79 Å². The second-order valence-corrected chi connectivity index (χ2v) is 7.66. The summed E-state index contributed by atoms with van der Waals surface area (Å²) in [5.74, 6) is 0.541. The van der Waals surface area contributed by atoms with Crippen LogP contribution in [0.15, 0.2) is 17.0 Å². The van der Waals surface area contributed by atoms with Crippen LogP contribution in [-0.2, 0) is 9.53 Å². The number of thioether (sulfide) groups is 1. The fraction of sp³-hybridized carbons (Fsp3) is 0.286. The number of benzene rings is 1. The quantitative estimate of drug-likeness (QED) is 0.419. The van der Waals surface area contributed by atoms with Crippen molar-refractivity contribution in [3.05, 3.63) is 29.7 Å². The zero-order valence-corrected chi connectivity index (χ0v) is 17.0. The van der Waals surface area contributed by atoms with E-state index in [9.17, 15) is 9.59 Å². The lowest BCUT2D eigenvalue weighted by Gasteiger charge is -2.10. The highest BCUT2D eigenvalue weighted by Gasteiger charge is 2.34. The van der Waals surface area contributed by atoms with Crippen molar-refractivity contribution >= 4 is 74.2 Å². The third kappa shape index (κ3) is 3.95. The molecule has 2 amide bonds. The topological polar surface area (TPSA) is 55.8 Å². The number of carbonyl (C=O) groups is 2. The molecular formula is C14H13I2NO4S. The van der Waals surface area contributed by atoms with Gasteiger partial charge in [-0.15, -0.1) is 0 Å². The molecule has 0 saturated carbocycles. The molecule has 1 aromatic rings. The maximum absolute atomic E-state index is 12.3. The van der Waals surface area contributed by atoms with Gasteiger partial charge in [0.2, 0.25) is 0 Å². The Balaban J connectivity index is 2.27. The van der Waals surface area contributed by atoms with E-state index >= 15 is 0 Å². The molecule has 1 saturated heterocycles. The van der Waals surface area contributed by atoms with Gasteiger partial charge in [0.05, 0.1) is 32.3 Å². The third-order valence-electron chi connectivity index (χ3n) is 2.92. The van der Waals surface area contributed by atoms with Crippen molar-refractivity contribution in [2.24, 2.45) is 0 Å². The van der Waals surface area contributed by atoms with Gasteiger partial charge < -0.3 is 9.47 Å². The molecule has 2 rings (SSSR count). The van der Waals surface area contributed by atoms with Gasteiger partial charge in [0.1, 0.15) is 5.75 Å². The lowest BCUT2D eigenvalue weighted by Crippen LogP contribution is -2.31. The minimum atomic E-state index is -0.270. The maximum atomic E-state index is 12.3. The van der Waals surface area contributed by atoms with Crippen molar-refractivity contribution in [2.75, 3.05) is 27.4 Å². The van der Waals surface area contributed by atoms with E-state index < -0.39 is 0 Å². The molecule has 0 aliphatic carbocycles. The van der Waals surface area contributed by atoms with E-state index in [0.29, 0.717) is 11.5 Å². The van der Waals surface area contributed by atoms with E-state index in [4.69, 9.17) is 9.47 Å². The molecule has 0 atom stereocenters. The van der Waals surface area contributed by atoms with Crippen molar-refractivity contribution in [1.29, 1.82) is 0 Å². The van der Waals surface area contributed by atoms with Crippen LogP contribution in [-0.4, -0.2) is 43.4 Å². The largest absolute Gasteiger partial charge is 0.495 e. The van der Waals surface area contributed by atoms with Crippen LogP contribution in [0.2, 0.25) is 0 Å². The summed E-state index contributed by atoms with van der Waals surface area (Å²) >= 11 is 5.33. The molecular weight excluding hydrogens is 532 g/mol. The Kier molecular flexibility index (Phi) is 6.53. The Labute approximate surface area is 160 Å². The van der Waals surface area contributed by atoms with Crippen LogP contribution in [0.5, 0.6) is 5.75 Å². The third-order valence-corrected chi connectivity index (χ3v) is 5.43. The Morgan fingerprint density at radius 1 is 1.23 bits per heavy atom. The van der Waals surface area contributed by atoms with Gasteiger partial charge in [-0.1, -0.05) is 0 Å². The summed E-state index contributed by atoms with van der Waals surface area (Å²) < 4.78 is 12.1. The Bertz CT molecular complexity index is 625. The second-order valence-electron chi connectivity index (χ2n) is 4.34. The van der Waals surface area contributed by atoms with Gasteiger partial charge >= 0.3 is 0 Å². The average molecular weight is 545 g/mol. The van der Waals surface area contributed by atoms with Crippen LogP contribution in [0.3, 0.4) is 0 Å². The Morgan fingerprint density at radius 2 is 1.86 bits per heavy atom. The lowest BCUT2D eigenvalue weighted by molar-refractivity contribution is -0.123. The first-order valence-corrected chi connectivity index (χ1v) is 9.22. The van der Waals surface area contributed by atoms with Crippen molar-refractivity contribution in [3.8, 4) is 5.75 Å². The molecule has 22 heavy (non-hydrogen) atoms. The van der Waals surface area contributed by atoms with Gasteiger partial charge in [-0.3, -0.25) is 14.5 Å². The molecule has 1 aliphatic rings. The van der Waals surface area contributed by atoms with Crippen molar-refractivity contribution in [2.45, 2.75) is 0 Å². The summed E-state index contributed by atoms with van der Waals surface area (Å²) in [6, 6.07) is 3.84. The molecule has 1 heterocycles. The number of nitrogens with zero attached hydrogens (tertiary/aromatic N) is 1. The minimum Gasteiger partial charge on any atom is -0.495 e. The summed E-state index contributed by atoms with van der Waals surface area (Å²) in [6.45, 7) is 0.611. The molecule has 118 valence electrons. The van der Waals surface area contributed by atoms with Crippen molar-refractivity contribution in [3.63, 3.8) is 0 Å². The molecule has 1 aromatic carbocycles. The standard InChI is InChI=1S/C14H13I2NO4S/c1-20-4-3-17-13(18)11(22-14(17)19)7-8-5-9(15)12(21-2)10(16)6-8/h5-7H,3-4H2,1-2H3/b11-7+. The summed E-state index contributed by atoms with van der Waals surface area (Å²) in [6.07, 6.45) is 1.74. The Hall–Kier alpha value is -0.330. The van der Waals surface area contributed by atoms with E-state index in [0.717, 1.165) is 30.2 Å². The lowest BCUT2D eigenvalue weighted by atomic mass is 10.2. The number of rotatable bonds is 5. The molecule has 0 aromatic heterocycles. The van der Waals surface area contributed by atoms with E-state index in [-0.39, 0.29) is 17.7 Å². The van der Waals surface area contributed by atoms with E-state index in [1.54, 1.807) is 13.2 Å². The van der Waals surface area contributed by atoms with Crippen molar-refractivity contribution in [1.82, 2.24) is 4.90 Å². The zero-order chi connectivity index (χ0) is 16.3. The smallest absolute Gasteiger partial charge is 0.293 e. The number of carbonyl (C=O) groups excluding carboxylic acids is 2. The first kappa shape index (κ1) is 18.0. The van der Waals surface area contributed by atoms with Gasteiger partial charge in [-0.25, -0.2) is 0 Å². The van der Waals surface area contributed by atoms with Crippen LogP contribution < -0.4 is 4.74 Å². The van der Waals surface area contributed by atoms with E-state index in [1.165, 1.54) is 12.0 Å². The normalized spacial score (nSPS) is 16.7. The van der Waals surface area contributed by atoms with E-state index in [1.807, 2.05) is 12.1 Å². The number of ether oxygens (including phenoxy) is 2. The first-order valence-electron chi connectivity index (χ1n) is 6.25. The van der Waals surface area contributed by atoms with Crippen LogP contribution in [0, 0.1) is 7.14 Å².